The number of aromatic amines is 2. The van der Waals surface area contributed by atoms with Crippen LogP contribution in [0.3, 0.4) is 0 Å². The van der Waals surface area contributed by atoms with Gasteiger partial charge in [-0.15, -0.1) is 0 Å². The minimum atomic E-state index is 0.345. The highest BCUT2D eigenvalue weighted by Gasteiger charge is 2.29. The van der Waals surface area contributed by atoms with Crippen molar-refractivity contribution in [2.45, 2.75) is 33.1 Å². The van der Waals surface area contributed by atoms with Crippen LogP contribution in [0, 0.1) is 5.41 Å². The average molecular weight is 351 g/mol. The van der Waals surface area contributed by atoms with Crippen molar-refractivity contribution in [2.75, 3.05) is 31.2 Å². The number of anilines is 1. The van der Waals surface area contributed by atoms with Gasteiger partial charge in [-0.3, -0.25) is 5.10 Å². The van der Waals surface area contributed by atoms with E-state index in [1.54, 1.807) is 0 Å². The highest BCUT2D eigenvalue weighted by molar-refractivity contribution is 5.83. The summed E-state index contributed by atoms with van der Waals surface area (Å²) in [6.07, 6.45) is 3.30. The number of morpholine rings is 1. The van der Waals surface area contributed by atoms with Crippen LogP contribution >= 0.6 is 0 Å². The molecule has 26 heavy (non-hydrogen) atoms. The molecule has 0 atom stereocenters. The highest BCUT2D eigenvalue weighted by Crippen LogP contribution is 2.37. The lowest BCUT2D eigenvalue weighted by atomic mass is 9.76. The molecule has 1 fully saturated rings. The first kappa shape index (κ1) is 15.9. The predicted octanol–water partition coefficient (Wildman–Crippen LogP) is 3.30. The first-order valence-electron chi connectivity index (χ1n) is 9.48. The molecule has 0 saturated carbocycles. The molecule has 136 valence electrons. The number of ether oxygens (including phenoxy) is 1. The van der Waals surface area contributed by atoms with Crippen LogP contribution in [-0.2, 0) is 17.6 Å². The van der Waals surface area contributed by atoms with Gasteiger partial charge in [0.1, 0.15) is 5.69 Å². The first-order chi connectivity index (χ1) is 12.6. The van der Waals surface area contributed by atoms with E-state index in [1.807, 2.05) is 0 Å². The Hall–Kier alpha value is -2.34. The van der Waals surface area contributed by atoms with Crippen molar-refractivity contribution in [3.05, 3.63) is 29.5 Å². The van der Waals surface area contributed by atoms with Gasteiger partial charge in [-0.2, -0.15) is 5.10 Å². The number of rotatable bonds is 2. The third kappa shape index (κ3) is 2.69. The maximum Gasteiger partial charge on any atom is 0.159 e. The number of nitrogens with one attached hydrogen (secondary N) is 2. The summed E-state index contributed by atoms with van der Waals surface area (Å²) >= 11 is 0. The summed E-state index contributed by atoms with van der Waals surface area (Å²) in [5, 5.41) is 7.85. The monoisotopic (exact) mass is 351 g/mol. The van der Waals surface area contributed by atoms with Gasteiger partial charge >= 0.3 is 0 Å². The minimum Gasteiger partial charge on any atom is -0.378 e. The molecule has 0 unspecified atom stereocenters. The van der Waals surface area contributed by atoms with E-state index in [1.165, 1.54) is 23.4 Å². The third-order valence-electron chi connectivity index (χ3n) is 5.73. The number of hydrogen-bond donors (Lipinski definition) is 2. The fraction of sp³-hybridized carbons (Fsp3) is 0.500. The van der Waals surface area contributed by atoms with Gasteiger partial charge in [0, 0.05) is 30.0 Å². The third-order valence-corrected chi connectivity index (χ3v) is 5.73. The molecule has 2 N–H and O–H groups in total. The zero-order valence-corrected chi connectivity index (χ0v) is 15.4. The summed E-state index contributed by atoms with van der Waals surface area (Å²) < 4.78 is 5.46. The van der Waals surface area contributed by atoms with Gasteiger partial charge < -0.3 is 14.6 Å². The van der Waals surface area contributed by atoms with Crippen LogP contribution in [0.2, 0.25) is 0 Å². The van der Waals surface area contributed by atoms with E-state index in [9.17, 15) is 0 Å². The number of benzene rings is 1. The van der Waals surface area contributed by atoms with Gasteiger partial charge in [0.05, 0.1) is 24.2 Å². The van der Waals surface area contributed by atoms with Crippen molar-refractivity contribution in [3.8, 4) is 11.5 Å². The molecule has 0 radical (unpaired) electrons. The first-order valence-corrected chi connectivity index (χ1v) is 9.48. The summed E-state index contributed by atoms with van der Waals surface area (Å²) in [5.41, 5.74) is 7.21. The molecule has 0 spiro atoms. The van der Waals surface area contributed by atoms with Crippen LogP contribution in [0.25, 0.3) is 22.6 Å². The molecule has 5 rings (SSSR count). The Morgan fingerprint density at radius 1 is 1.19 bits per heavy atom. The van der Waals surface area contributed by atoms with Crippen molar-refractivity contribution in [2.24, 2.45) is 5.41 Å². The second-order valence-corrected chi connectivity index (χ2v) is 8.26. The fourth-order valence-electron chi connectivity index (χ4n) is 4.17. The standard InChI is InChI=1S/C20H25N5O/c1-20(2)6-5-14-17(12-20)23-24-18(14)19-21-15-4-3-13(11-16(15)22-19)25-7-9-26-10-8-25/h3-4,11H,5-10,12H2,1-2H3,(H,21,22)(H,23,24). The molecule has 6 nitrogen and oxygen atoms in total. The minimum absolute atomic E-state index is 0.345. The van der Waals surface area contributed by atoms with Crippen LogP contribution in [0.1, 0.15) is 31.5 Å². The number of imidazole rings is 1. The van der Waals surface area contributed by atoms with Crippen molar-refractivity contribution in [1.29, 1.82) is 0 Å². The lowest BCUT2D eigenvalue weighted by molar-refractivity contribution is 0.122. The molecule has 1 aliphatic heterocycles. The lowest BCUT2D eigenvalue weighted by Crippen LogP contribution is -2.36. The van der Waals surface area contributed by atoms with Crippen molar-refractivity contribution >= 4 is 16.7 Å². The predicted molar refractivity (Wildman–Crippen MR) is 103 cm³/mol. The van der Waals surface area contributed by atoms with Gasteiger partial charge in [0.2, 0.25) is 0 Å². The molecule has 2 aliphatic rings. The van der Waals surface area contributed by atoms with E-state index in [0.29, 0.717) is 5.41 Å². The van der Waals surface area contributed by atoms with E-state index < -0.39 is 0 Å². The molecule has 1 aromatic carbocycles. The Morgan fingerprint density at radius 3 is 2.88 bits per heavy atom. The quantitative estimate of drug-likeness (QED) is 0.743. The molecule has 3 heterocycles. The summed E-state index contributed by atoms with van der Waals surface area (Å²) in [5.74, 6) is 0.872. The SMILES string of the molecule is CC1(C)CCc2c(-c3nc4ccc(N5CCOCC5)cc4[nH]3)n[nH]c2C1. The van der Waals surface area contributed by atoms with Crippen LogP contribution in [0.15, 0.2) is 18.2 Å². The number of H-pyrrole nitrogens is 2. The Labute approximate surface area is 153 Å². The number of nitrogens with zero attached hydrogens (tertiary/aromatic N) is 3. The Balaban J connectivity index is 1.50. The van der Waals surface area contributed by atoms with Gasteiger partial charge in [0.25, 0.3) is 0 Å². The van der Waals surface area contributed by atoms with E-state index in [-0.39, 0.29) is 0 Å². The highest BCUT2D eigenvalue weighted by atomic mass is 16.5. The summed E-state index contributed by atoms with van der Waals surface area (Å²) in [6.45, 7) is 8.12. The fourth-order valence-corrected chi connectivity index (χ4v) is 4.17. The molecule has 6 heteroatoms. The molecule has 1 aliphatic carbocycles. The maximum absolute atomic E-state index is 5.46. The molecule has 3 aromatic rings. The smallest absolute Gasteiger partial charge is 0.159 e. The summed E-state index contributed by atoms with van der Waals surface area (Å²) in [7, 11) is 0. The molecule has 0 amide bonds. The van der Waals surface area contributed by atoms with Crippen LogP contribution in [-0.4, -0.2) is 46.5 Å². The van der Waals surface area contributed by atoms with E-state index in [4.69, 9.17) is 9.72 Å². The summed E-state index contributed by atoms with van der Waals surface area (Å²) in [6, 6.07) is 6.45. The number of fused-ring (bicyclic) bond motifs is 2. The number of aromatic nitrogens is 4. The lowest BCUT2D eigenvalue weighted by Gasteiger charge is -2.28. The Morgan fingerprint density at radius 2 is 2.04 bits per heavy atom. The molecule has 2 aromatic heterocycles. The van der Waals surface area contributed by atoms with Crippen molar-refractivity contribution in [3.63, 3.8) is 0 Å². The zero-order chi connectivity index (χ0) is 17.7. The summed E-state index contributed by atoms with van der Waals surface area (Å²) in [4.78, 5) is 10.7. The largest absolute Gasteiger partial charge is 0.378 e. The second-order valence-electron chi connectivity index (χ2n) is 8.26. The van der Waals surface area contributed by atoms with Crippen LogP contribution < -0.4 is 4.90 Å². The average Bonchev–Trinajstić information content (AvgIpc) is 3.23. The maximum atomic E-state index is 5.46. The zero-order valence-electron chi connectivity index (χ0n) is 15.4. The van der Waals surface area contributed by atoms with Crippen LogP contribution in [0.4, 0.5) is 5.69 Å². The normalized spacial score (nSPS) is 19.7. The number of hydrogen-bond acceptors (Lipinski definition) is 4. The van der Waals surface area contributed by atoms with Gasteiger partial charge in [0.15, 0.2) is 5.82 Å². The van der Waals surface area contributed by atoms with E-state index >= 15 is 0 Å². The van der Waals surface area contributed by atoms with Gasteiger partial charge in [-0.25, -0.2) is 4.98 Å². The Kier molecular flexibility index (Phi) is 3.57. The van der Waals surface area contributed by atoms with Crippen molar-refractivity contribution in [1.82, 2.24) is 20.2 Å². The van der Waals surface area contributed by atoms with Gasteiger partial charge in [-0.1, -0.05) is 13.8 Å². The van der Waals surface area contributed by atoms with E-state index in [0.717, 1.165) is 61.7 Å². The second kappa shape index (κ2) is 5.84. The Bertz CT molecular complexity index is 948. The molecular weight excluding hydrogens is 326 g/mol. The molecular formula is C20H25N5O. The van der Waals surface area contributed by atoms with Crippen molar-refractivity contribution < 1.29 is 4.74 Å². The van der Waals surface area contributed by atoms with Gasteiger partial charge in [-0.05, 0) is 42.9 Å². The molecule has 1 saturated heterocycles. The van der Waals surface area contributed by atoms with Crippen LogP contribution in [0.5, 0.6) is 0 Å². The topological polar surface area (TPSA) is 69.8 Å². The molecule has 0 bridgehead atoms. The van der Waals surface area contributed by atoms with E-state index in [2.05, 4.69) is 52.1 Å².